The van der Waals surface area contributed by atoms with Gasteiger partial charge in [0.25, 0.3) is 0 Å². The monoisotopic (exact) mass is 297 g/mol. The minimum Gasteiger partial charge on any atom is -0.351 e. The molecule has 2 aromatic heterocycles. The van der Waals surface area contributed by atoms with Crippen molar-refractivity contribution in [3.8, 4) is 0 Å². The number of aromatic nitrogens is 2. The SMILES string of the molecule is NNc1nc(N2CCc3sccc3C2)c2ccccc2n1. The van der Waals surface area contributed by atoms with Crippen LogP contribution in [0.5, 0.6) is 0 Å². The number of hydrogen-bond donors (Lipinski definition) is 2. The largest absolute Gasteiger partial charge is 0.351 e. The molecule has 6 heteroatoms. The van der Waals surface area contributed by atoms with E-state index in [1.54, 1.807) is 0 Å². The lowest BCUT2D eigenvalue weighted by Crippen LogP contribution is -2.30. The first-order chi connectivity index (χ1) is 10.3. The third-order valence-corrected chi connectivity index (χ3v) is 4.84. The van der Waals surface area contributed by atoms with Crippen LogP contribution >= 0.6 is 11.3 Å². The number of nitrogens with one attached hydrogen (secondary N) is 1. The normalized spacial score (nSPS) is 14.2. The maximum Gasteiger partial charge on any atom is 0.239 e. The van der Waals surface area contributed by atoms with Crippen molar-refractivity contribution in [1.29, 1.82) is 0 Å². The minimum absolute atomic E-state index is 0.458. The molecule has 0 spiro atoms. The van der Waals surface area contributed by atoms with Gasteiger partial charge in [0, 0.05) is 23.4 Å². The van der Waals surface area contributed by atoms with E-state index >= 15 is 0 Å². The summed E-state index contributed by atoms with van der Waals surface area (Å²) in [6.45, 7) is 1.86. The molecule has 0 saturated carbocycles. The number of nitrogens with zero attached hydrogens (tertiary/aromatic N) is 3. The highest BCUT2D eigenvalue weighted by molar-refractivity contribution is 7.10. The van der Waals surface area contributed by atoms with Gasteiger partial charge >= 0.3 is 0 Å². The lowest BCUT2D eigenvalue weighted by atomic mass is 10.1. The van der Waals surface area contributed by atoms with Crippen molar-refractivity contribution in [3.63, 3.8) is 0 Å². The third kappa shape index (κ3) is 2.12. The Hall–Kier alpha value is -2.18. The van der Waals surface area contributed by atoms with E-state index in [0.717, 1.165) is 36.2 Å². The molecule has 3 N–H and O–H groups in total. The van der Waals surface area contributed by atoms with Crippen molar-refractivity contribution in [2.75, 3.05) is 16.9 Å². The van der Waals surface area contributed by atoms with Crippen molar-refractivity contribution < 1.29 is 0 Å². The van der Waals surface area contributed by atoms with E-state index in [0.29, 0.717) is 5.95 Å². The zero-order valence-corrected chi connectivity index (χ0v) is 12.2. The number of hydrazine groups is 1. The Morgan fingerprint density at radius 2 is 2.10 bits per heavy atom. The van der Waals surface area contributed by atoms with Gasteiger partial charge in [-0.3, -0.25) is 5.43 Å². The van der Waals surface area contributed by atoms with Crippen molar-refractivity contribution in [2.45, 2.75) is 13.0 Å². The fourth-order valence-electron chi connectivity index (χ4n) is 2.79. The van der Waals surface area contributed by atoms with Crippen molar-refractivity contribution in [2.24, 2.45) is 5.84 Å². The molecule has 0 fully saturated rings. The first-order valence-corrected chi connectivity index (χ1v) is 7.77. The quantitative estimate of drug-likeness (QED) is 0.562. The van der Waals surface area contributed by atoms with Crippen LogP contribution < -0.4 is 16.2 Å². The standard InChI is InChI=1S/C15H15N5S/c16-19-15-17-12-4-2-1-3-11(12)14(18-15)20-7-5-13-10(9-20)6-8-21-13/h1-4,6,8H,5,7,9,16H2,(H,17,18,19). The summed E-state index contributed by atoms with van der Waals surface area (Å²) in [5.41, 5.74) is 4.87. The number of benzene rings is 1. The molecule has 4 rings (SSSR count). The molecule has 0 saturated heterocycles. The average Bonchev–Trinajstić information content (AvgIpc) is 3.01. The highest BCUT2D eigenvalue weighted by Crippen LogP contribution is 2.31. The Bertz CT molecular complexity index is 798. The molecule has 21 heavy (non-hydrogen) atoms. The van der Waals surface area contributed by atoms with Crippen LogP contribution in [0.2, 0.25) is 0 Å². The third-order valence-electron chi connectivity index (χ3n) is 3.82. The summed E-state index contributed by atoms with van der Waals surface area (Å²) >= 11 is 1.84. The second-order valence-corrected chi connectivity index (χ2v) is 6.07. The molecular formula is C15H15N5S. The summed E-state index contributed by atoms with van der Waals surface area (Å²) in [4.78, 5) is 12.8. The molecule has 5 nitrogen and oxygen atoms in total. The molecule has 106 valence electrons. The van der Waals surface area contributed by atoms with E-state index in [4.69, 9.17) is 5.84 Å². The van der Waals surface area contributed by atoms with Crippen LogP contribution in [0, 0.1) is 0 Å². The van der Waals surface area contributed by atoms with Crippen LogP contribution in [0.3, 0.4) is 0 Å². The van der Waals surface area contributed by atoms with E-state index in [1.807, 2.05) is 29.5 Å². The molecule has 0 aliphatic carbocycles. The van der Waals surface area contributed by atoms with Gasteiger partial charge in [0.05, 0.1) is 5.52 Å². The molecular weight excluding hydrogens is 282 g/mol. The van der Waals surface area contributed by atoms with E-state index in [1.165, 1.54) is 10.4 Å². The predicted octanol–water partition coefficient (Wildman–Crippen LogP) is 2.54. The van der Waals surface area contributed by atoms with Gasteiger partial charge < -0.3 is 4.90 Å². The Kier molecular flexibility index (Phi) is 2.98. The molecule has 0 amide bonds. The summed E-state index contributed by atoms with van der Waals surface area (Å²) < 4.78 is 0. The van der Waals surface area contributed by atoms with Gasteiger partial charge in [0.15, 0.2) is 0 Å². The number of nitrogen functional groups attached to an aromatic ring is 1. The Balaban J connectivity index is 1.83. The van der Waals surface area contributed by atoms with Crippen molar-refractivity contribution >= 4 is 34.0 Å². The van der Waals surface area contributed by atoms with Crippen LogP contribution in [0.1, 0.15) is 10.4 Å². The second-order valence-electron chi connectivity index (χ2n) is 5.07. The van der Waals surface area contributed by atoms with Crippen LogP contribution in [-0.4, -0.2) is 16.5 Å². The van der Waals surface area contributed by atoms with Gasteiger partial charge in [-0.25, -0.2) is 10.8 Å². The lowest BCUT2D eigenvalue weighted by molar-refractivity contribution is 0.735. The van der Waals surface area contributed by atoms with Gasteiger partial charge in [0.1, 0.15) is 5.82 Å². The summed E-state index contributed by atoms with van der Waals surface area (Å²) in [6, 6.07) is 10.3. The van der Waals surface area contributed by atoms with E-state index in [9.17, 15) is 0 Å². The number of fused-ring (bicyclic) bond motifs is 2. The molecule has 1 aliphatic heterocycles. The van der Waals surface area contributed by atoms with E-state index in [2.05, 4.69) is 37.8 Å². The van der Waals surface area contributed by atoms with Crippen LogP contribution in [0.4, 0.5) is 11.8 Å². The number of para-hydroxylation sites is 1. The van der Waals surface area contributed by atoms with Crippen molar-refractivity contribution in [1.82, 2.24) is 9.97 Å². The predicted molar refractivity (Wildman–Crippen MR) is 86.4 cm³/mol. The van der Waals surface area contributed by atoms with Gasteiger partial charge in [-0.05, 0) is 35.6 Å². The molecule has 3 heterocycles. The fraction of sp³-hybridized carbons (Fsp3) is 0.200. The Morgan fingerprint density at radius 3 is 3.00 bits per heavy atom. The first-order valence-electron chi connectivity index (χ1n) is 6.89. The van der Waals surface area contributed by atoms with E-state index < -0.39 is 0 Å². The molecule has 3 aromatic rings. The van der Waals surface area contributed by atoms with Crippen LogP contribution in [0.25, 0.3) is 10.9 Å². The van der Waals surface area contributed by atoms with Gasteiger partial charge in [-0.2, -0.15) is 4.98 Å². The number of anilines is 2. The number of rotatable bonds is 2. The topological polar surface area (TPSA) is 67.1 Å². The average molecular weight is 297 g/mol. The van der Waals surface area contributed by atoms with Gasteiger partial charge in [-0.1, -0.05) is 12.1 Å². The summed E-state index contributed by atoms with van der Waals surface area (Å²) in [7, 11) is 0. The zero-order valence-electron chi connectivity index (χ0n) is 11.4. The van der Waals surface area contributed by atoms with E-state index in [-0.39, 0.29) is 0 Å². The molecule has 0 unspecified atom stereocenters. The summed E-state index contributed by atoms with van der Waals surface area (Å²) in [6.07, 6.45) is 1.07. The maximum atomic E-state index is 5.51. The highest BCUT2D eigenvalue weighted by Gasteiger charge is 2.21. The molecule has 0 radical (unpaired) electrons. The van der Waals surface area contributed by atoms with Gasteiger partial charge in [-0.15, -0.1) is 11.3 Å². The lowest BCUT2D eigenvalue weighted by Gasteiger charge is -2.29. The number of hydrogen-bond acceptors (Lipinski definition) is 6. The van der Waals surface area contributed by atoms with Crippen LogP contribution in [-0.2, 0) is 13.0 Å². The summed E-state index contributed by atoms with van der Waals surface area (Å²) in [5, 5.41) is 3.23. The zero-order chi connectivity index (χ0) is 14.2. The summed E-state index contributed by atoms with van der Waals surface area (Å²) in [5.74, 6) is 6.92. The molecule has 1 aromatic carbocycles. The Morgan fingerprint density at radius 1 is 1.19 bits per heavy atom. The molecule has 1 aliphatic rings. The fourth-order valence-corrected chi connectivity index (χ4v) is 3.68. The number of nitrogens with two attached hydrogens (primary N) is 1. The second kappa shape index (κ2) is 4.98. The molecule has 0 atom stereocenters. The van der Waals surface area contributed by atoms with Crippen LogP contribution in [0.15, 0.2) is 35.7 Å². The number of thiophene rings is 1. The van der Waals surface area contributed by atoms with Gasteiger partial charge in [0.2, 0.25) is 5.95 Å². The first kappa shape index (κ1) is 12.6. The maximum absolute atomic E-state index is 5.51. The molecule has 0 bridgehead atoms. The minimum atomic E-state index is 0.458. The highest BCUT2D eigenvalue weighted by atomic mass is 32.1. The Labute approximate surface area is 126 Å². The smallest absolute Gasteiger partial charge is 0.239 e. The van der Waals surface area contributed by atoms with Crippen molar-refractivity contribution in [3.05, 3.63) is 46.2 Å².